The number of guanidine groups is 1. The van der Waals surface area contributed by atoms with Gasteiger partial charge in [-0.2, -0.15) is 11.8 Å². The zero-order valence-electron chi connectivity index (χ0n) is 14.0. The van der Waals surface area contributed by atoms with Crippen LogP contribution in [0.3, 0.4) is 0 Å². The van der Waals surface area contributed by atoms with Gasteiger partial charge in [-0.1, -0.05) is 0 Å². The van der Waals surface area contributed by atoms with E-state index in [-0.39, 0.29) is 12.0 Å². The number of ether oxygens (including phenoxy) is 1. The number of aliphatic hydroxyl groups excluding tert-OH is 1. The summed E-state index contributed by atoms with van der Waals surface area (Å²) >= 11 is 2.05. The molecule has 2 aliphatic heterocycles. The molecule has 2 fully saturated rings. The van der Waals surface area contributed by atoms with Gasteiger partial charge in [0.05, 0.1) is 13.2 Å². The Balaban J connectivity index is 1.90. The van der Waals surface area contributed by atoms with Crippen molar-refractivity contribution in [3.05, 3.63) is 0 Å². The summed E-state index contributed by atoms with van der Waals surface area (Å²) in [5, 5.41) is 16.6. The van der Waals surface area contributed by atoms with Crippen molar-refractivity contribution in [1.82, 2.24) is 10.6 Å². The highest BCUT2D eigenvalue weighted by atomic mass is 32.2. The third kappa shape index (κ3) is 5.03. The van der Waals surface area contributed by atoms with E-state index in [1.807, 2.05) is 0 Å². The van der Waals surface area contributed by atoms with Crippen molar-refractivity contribution in [2.75, 3.05) is 45.2 Å². The Bertz CT molecular complexity index is 364. The van der Waals surface area contributed by atoms with E-state index in [1.165, 1.54) is 18.6 Å². The maximum Gasteiger partial charge on any atom is 0.191 e. The van der Waals surface area contributed by atoms with Gasteiger partial charge >= 0.3 is 0 Å². The summed E-state index contributed by atoms with van der Waals surface area (Å²) in [5.74, 6) is 2.13. The van der Waals surface area contributed by atoms with Crippen LogP contribution in [-0.4, -0.2) is 61.0 Å². The molecule has 128 valence electrons. The van der Waals surface area contributed by atoms with Crippen LogP contribution in [0, 0.1) is 5.41 Å². The van der Waals surface area contributed by atoms with Crippen LogP contribution in [0.4, 0.5) is 0 Å². The molecule has 5 nitrogen and oxygen atoms in total. The number of hydrogen-bond acceptors (Lipinski definition) is 4. The zero-order valence-corrected chi connectivity index (χ0v) is 14.8. The standard InChI is InChI=1S/C16H31N3O2S/c1-3-17-14(18-11-15(2)5-4-10-22-15)19-12-16(13-20)6-8-21-9-7-16/h20H,3-13H2,1-2H3,(H2,17,18,19). The fourth-order valence-electron chi connectivity index (χ4n) is 3.01. The quantitative estimate of drug-likeness (QED) is 0.510. The molecule has 0 spiro atoms. The highest BCUT2D eigenvalue weighted by Gasteiger charge is 2.32. The Morgan fingerprint density at radius 1 is 1.27 bits per heavy atom. The normalized spacial score (nSPS) is 28.6. The lowest BCUT2D eigenvalue weighted by atomic mass is 9.81. The minimum Gasteiger partial charge on any atom is -0.396 e. The Labute approximate surface area is 138 Å². The number of aliphatic imine (C=N–C) groups is 1. The summed E-state index contributed by atoms with van der Waals surface area (Å²) in [6, 6.07) is 0. The number of thioether (sulfide) groups is 1. The zero-order chi connectivity index (χ0) is 15.9. The van der Waals surface area contributed by atoms with E-state index < -0.39 is 0 Å². The van der Waals surface area contributed by atoms with Crippen LogP contribution < -0.4 is 10.6 Å². The molecule has 0 aromatic carbocycles. The lowest BCUT2D eigenvalue weighted by Gasteiger charge is -2.34. The second-order valence-electron chi connectivity index (χ2n) is 6.72. The third-order valence-corrected chi connectivity index (χ3v) is 6.27. The van der Waals surface area contributed by atoms with Crippen molar-refractivity contribution in [1.29, 1.82) is 0 Å². The van der Waals surface area contributed by atoms with E-state index in [0.29, 0.717) is 11.3 Å². The topological polar surface area (TPSA) is 65.9 Å². The van der Waals surface area contributed by atoms with Crippen molar-refractivity contribution in [3.63, 3.8) is 0 Å². The molecule has 1 atom stereocenters. The van der Waals surface area contributed by atoms with E-state index in [4.69, 9.17) is 9.73 Å². The lowest BCUT2D eigenvalue weighted by molar-refractivity contribution is -0.0106. The molecule has 0 saturated carbocycles. The molecule has 1 unspecified atom stereocenters. The molecule has 6 heteroatoms. The molecule has 2 saturated heterocycles. The van der Waals surface area contributed by atoms with Gasteiger partial charge in [0.15, 0.2) is 5.96 Å². The van der Waals surface area contributed by atoms with Crippen molar-refractivity contribution in [3.8, 4) is 0 Å². The number of hydrogen-bond donors (Lipinski definition) is 3. The van der Waals surface area contributed by atoms with Crippen molar-refractivity contribution >= 4 is 17.7 Å². The molecule has 2 aliphatic rings. The highest BCUT2D eigenvalue weighted by molar-refractivity contribution is 8.00. The van der Waals surface area contributed by atoms with Crippen LogP contribution in [0.25, 0.3) is 0 Å². The fraction of sp³-hybridized carbons (Fsp3) is 0.938. The first-order chi connectivity index (χ1) is 10.6. The number of nitrogens with one attached hydrogen (secondary N) is 2. The summed E-state index contributed by atoms with van der Waals surface area (Å²) < 4.78 is 5.74. The van der Waals surface area contributed by atoms with Gasteiger partial charge in [0.25, 0.3) is 0 Å². The van der Waals surface area contributed by atoms with E-state index in [1.54, 1.807) is 0 Å². The first kappa shape index (κ1) is 17.9. The summed E-state index contributed by atoms with van der Waals surface area (Å²) in [4.78, 5) is 4.74. The van der Waals surface area contributed by atoms with E-state index in [9.17, 15) is 5.11 Å². The van der Waals surface area contributed by atoms with Gasteiger partial charge in [0.1, 0.15) is 0 Å². The number of aliphatic hydroxyl groups is 1. The van der Waals surface area contributed by atoms with Crippen molar-refractivity contribution in [2.24, 2.45) is 10.4 Å². The molecular formula is C16H31N3O2S. The van der Waals surface area contributed by atoms with Crippen LogP contribution in [0.15, 0.2) is 4.99 Å². The largest absolute Gasteiger partial charge is 0.396 e. The second-order valence-corrected chi connectivity index (χ2v) is 8.40. The van der Waals surface area contributed by atoms with Gasteiger partial charge in [-0.05, 0) is 45.3 Å². The van der Waals surface area contributed by atoms with E-state index in [0.717, 1.165) is 45.1 Å². The molecule has 3 N–H and O–H groups in total. The third-order valence-electron chi connectivity index (χ3n) is 4.74. The molecular weight excluding hydrogens is 298 g/mol. The summed E-state index contributed by atoms with van der Waals surface area (Å²) in [7, 11) is 0. The van der Waals surface area contributed by atoms with E-state index in [2.05, 4.69) is 36.2 Å². The molecule has 0 aliphatic carbocycles. The first-order valence-electron chi connectivity index (χ1n) is 8.46. The minimum absolute atomic E-state index is 0.105. The predicted molar refractivity (Wildman–Crippen MR) is 93.7 cm³/mol. The average Bonchev–Trinajstić information content (AvgIpc) is 2.98. The number of rotatable bonds is 6. The van der Waals surface area contributed by atoms with Crippen molar-refractivity contribution < 1.29 is 9.84 Å². The molecule has 0 amide bonds. The minimum atomic E-state index is -0.105. The Hall–Kier alpha value is -0.460. The van der Waals surface area contributed by atoms with Crippen LogP contribution in [0.1, 0.15) is 39.5 Å². The monoisotopic (exact) mass is 329 g/mol. The maximum atomic E-state index is 9.76. The van der Waals surface area contributed by atoms with Crippen LogP contribution in [0.5, 0.6) is 0 Å². The summed E-state index contributed by atoms with van der Waals surface area (Å²) in [6.07, 6.45) is 4.35. The Morgan fingerprint density at radius 2 is 2.05 bits per heavy atom. The fourth-order valence-corrected chi connectivity index (χ4v) is 4.25. The van der Waals surface area contributed by atoms with Gasteiger partial charge in [-0.3, -0.25) is 4.99 Å². The maximum absolute atomic E-state index is 9.76. The lowest BCUT2D eigenvalue weighted by Crippen LogP contribution is -2.45. The van der Waals surface area contributed by atoms with Gasteiger partial charge in [-0.25, -0.2) is 0 Å². The molecule has 2 heterocycles. The molecule has 0 radical (unpaired) electrons. The smallest absolute Gasteiger partial charge is 0.191 e. The second kappa shape index (κ2) is 8.41. The number of nitrogens with zero attached hydrogens (tertiary/aromatic N) is 1. The van der Waals surface area contributed by atoms with E-state index >= 15 is 0 Å². The molecule has 0 aromatic heterocycles. The van der Waals surface area contributed by atoms with Gasteiger partial charge in [0, 0.05) is 36.5 Å². The van der Waals surface area contributed by atoms with Crippen LogP contribution in [-0.2, 0) is 4.74 Å². The first-order valence-corrected chi connectivity index (χ1v) is 9.45. The Kier molecular flexibility index (Phi) is 6.84. The summed E-state index contributed by atoms with van der Waals surface area (Å²) in [6.45, 7) is 8.51. The van der Waals surface area contributed by atoms with Crippen LogP contribution in [0.2, 0.25) is 0 Å². The molecule has 22 heavy (non-hydrogen) atoms. The SMILES string of the molecule is CCNC(=NCC1(CO)CCOCC1)NCC1(C)CCCS1. The molecule has 0 bridgehead atoms. The molecule has 0 aromatic rings. The van der Waals surface area contributed by atoms with Crippen LogP contribution >= 0.6 is 11.8 Å². The molecule has 2 rings (SSSR count). The average molecular weight is 330 g/mol. The summed E-state index contributed by atoms with van der Waals surface area (Å²) in [5.41, 5.74) is -0.105. The Morgan fingerprint density at radius 3 is 2.64 bits per heavy atom. The van der Waals surface area contributed by atoms with Crippen molar-refractivity contribution in [2.45, 2.75) is 44.3 Å². The highest BCUT2D eigenvalue weighted by Crippen LogP contribution is 2.37. The predicted octanol–water partition coefficient (Wildman–Crippen LogP) is 1.62. The van der Waals surface area contributed by atoms with Gasteiger partial charge in [-0.15, -0.1) is 0 Å². The van der Waals surface area contributed by atoms with Gasteiger partial charge < -0.3 is 20.5 Å². The van der Waals surface area contributed by atoms with Gasteiger partial charge in [0.2, 0.25) is 0 Å².